The Balaban J connectivity index is 1.58. The molecule has 0 fully saturated rings. The third kappa shape index (κ3) is 6.88. The standard InChI is InChI=1S/C22H20F3NO7/c1-29-8-9-30-17-6-4-15(22(23,24)25)11-16(17)26-20(27)12-31-21(28)7-3-14-2-5-18-19(10-14)33-13-32-18/h2-7,10-11H,8-9,12-13H2,1H3,(H,26,27)/b7-3+. The summed E-state index contributed by atoms with van der Waals surface area (Å²) >= 11 is 0. The predicted molar refractivity (Wildman–Crippen MR) is 110 cm³/mol. The SMILES string of the molecule is COCCOc1ccc(C(F)(F)F)cc1NC(=O)COC(=O)/C=C/c1ccc2c(c1)OCO2. The third-order valence-electron chi connectivity index (χ3n) is 4.28. The van der Waals surface area contributed by atoms with Crippen LogP contribution >= 0.6 is 0 Å². The number of methoxy groups -OCH3 is 1. The highest BCUT2D eigenvalue weighted by Crippen LogP contribution is 2.35. The van der Waals surface area contributed by atoms with Crippen molar-refractivity contribution in [1.82, 2.24) is 0 Å². The zero-order chi connectivity index (χ0) is 23.8. The van der Waals surface area contributed by atoms with Gasteiger partial charge in [-0.15, -0.1) is 0 Å². The van der Waals surface area contributed by atoms with Gasteiger partial charge in [-0.25, -0.2) is 4.79 Å². The number of esters is 1. The van der Waals surface area contributed by atoms with Crippen molar-refractivity contribution in [2.45, 2.75) is 6.18 Å². The van der Waals surface area contributed by atoms with Gasteiger partial charge in [0, 0.05) is 13.2 Å². The van der Waals surface area contributed by atoms with Crippen LogP contribution in [0.5, 0.6) is 17.2 Å². The minimum atomic E-state index is -4.61. The number of halogens is 3. The van der Waals surface area contributed by atoms with E-state index in [-0.39, 0.29) is 31.4 Å². The summed E-state index contributed by atoms with van der Waals surface area (Å²) in [7, 11) is 1.44. The van der Waals surface area contributed by atoms with Crippen molar-refractivity contribution in [3.05, 3.63) is 53.6 Å². The first kappa shape index (κ1) is 23.9. The van der Waals surface area contributed by atoms with Gasteiger partial charge in [-0.2, -0.15) is 13.2 Å². The van der Waals surface area contributed by atoms with Gasteiger partial charge in [0.15, 0.2) is 18.1 Å². The van der Waals surface area contributed by atoms with Gasteiger partial charge < -0.3 is 29.0 Å². The molecule has 1 aliphatic heterocycles. The first-order valence-electron chi connectivity index (χ1n) is 9.63. The summed E-state index contributed by atoms with van der Waals surface area (Å²) in [5, 5.41) is 2.27. The van der Waals surface area contributed by atoms with Crippen LogP contribution < -0.4 is 19.5 Å². The van der Waals surface area contributed by atoms with E-state index in [2.05, 4.69) is 5.32 Å². The Morgan fingerprint density at radius 2 is 1.88 bits per heavy atom. The summed E-state index contributed by atoms with van der Waals surface area (Å²) in [5.41, 5.74) is -0.541. The van der Waals surface area contributed by atoms with E-state index >= 15 is 0 Å². The molecule has 0 aliphatic carbocycles. The van der Waals surface area contributed by atoms with E-state index in [0.717, 1.165) is 24.3 Å². The first-order chi connectivity index (χ1) is 15.8. The van der Waals surface area contributed by atoms with E-state index in [1.807, 2.05) is 0 Å². The van der Waals surface area contributed by atoms with Crippen molar-refractivity contribution in [3.8, 4) is 17.2 Å². The van der Waals surface area contributed by atoms with E-state index in [1.165, 1.54) is 13.2 Å². The average molecular weight is 467 g/mol. The maximum absolute atomic E-state index is 13.0. The summed E-state index contributed by atoms with van der Waals surface area (Å²) in [4.78, 5) is 24.1. The number of carbonyl (C=O) groups excluding carboxylic acids is 2. The number of anilines is 1. The number of hydrogen-bond donors (Lipinski definition) is 1. The lowest BCUT2D eigenvalue weighted by Gasteiger charge is -2.15. The van der Waals surface area contributed by atoms with Crippen LogP contribution in [0.1, 0.15) is 11.1 Å². The van der Waals surface area contributed by atoms with Crippen molar-refractivity contribution in [3.63, 3.8) is 0 Å². The normalized spacial score (nSPS) is 12.6. The minimum absolute atomic E-state index is 0.0161. The van der Waals surface area contributed by atoms with Crippen LogP contribution in [0, 0.1) is 0 Å². The van der Waals surface area contributed by atoms with E-state index in [0.29, 0.717) is 17.1 Å². The smallest absolute Gasteiger partial charge is 0.416 e. The van der Waals surface area contributed by atoms with Crippen molar-refractivity contribution >= 4 is 23.6 Å². The fourth-order valence-corrected chi connectivity index (χ4v) is 2.72. The molecule has 1 heterocycles. The predicted octanol–water partition coefficient (Wildman–Crippen LogP) is 3.65. The van der Waals surface area contributed by atoms with E-state index < -0.39 is 30.2 Å². The van der Waals surface area contributed by atoms with Gasteiger partial charge in [-0.3, -0.25) is 4.79 Å². The largest absolute Gasteiger partial charge is 0.489 e. The average Bonchev–Trinajstić information content (AvgIpc) is 3.24. The van der Waals surface area contributed by atoms with Crippen molar-refractivity contribution < 1.29 is 46.4 Å². The molecule has 0 unspecified atom stereocenters. The summed E-state index contributed by atoms with van der Waals surface area (Å²) in [5.74, 6) is -0.511. The third-order valence-corrected chi connectivity index (χ3v) is 4.28. The molecule has 0 atom stereocenters. The number of rotatable bonds is 9. The lowest BCUT2D eigenvalue weighted by molar-refractivity contribution is -0.142. The summed E-state index contributed by atoms with van der Waals surface area (Å²) in [6, 6.07) is 7.71. The highest BCUT2D eigenvalue weighted by atomic mass is 19.4. The highest BCUT2D eigenvalue weighted by Gasteiger charge is 2.31. The monoisotopic (exact) mass is 467 g/mol. The fraction of sp³-hybridized carbons (Fsp3) is 0.273. The van der Waals surface area contributed by atoms with Gasteiger partial charge in [0.1, 0.15) is 12.4 Å². The number of alkyl halides is 3. The molecule has 11 heteroatoms. The van der Waals surface area contributed by atoms with E-state index in [4.69, 9.17) is 23.7 Å². The second kappa shape index (κ2) is 10.7. The van der Waals surface area contributed by atoms with E-state index in [9.17, 15) is 22.8 Å². The van der Waals surface area contributed by atoms with Gasteiger partial charge >= 0.3 is 12.1 Å². The van der Waals surface area contributed by atoms with Crippen molar-refractivity contribution in [1.29, 1.82) is 0 Å². The molecule has 33 heavy (non-hydrogen) atoms. The Morgan fingerprint density at radius 3 is 2.64 bits per heavy atom. The molecule has 176 valence electrons. The molecule has 0 radical (unpaired) electrons. The highest BCUT2D eigenvalue weighted by molar-refractivity contribution is 5.95. The minimum Gasteiger partial charge on any atom is -0.489 e. The number of nitrogens with one attached hydrogen (secondary N) is 1. The molecule has 2 aromatic rings. The molecule has 3 rings (SSSR count). The van der Waals surface area contributed by atoms with Crippen LogP contribution in [-0.2, 0) is 25.2 Å². The van der Waals surface area contributed by atoms with Crippen LogP contribution in [0.2, 0.25) is 0 Å². The van der Waals surface area contributed by atoms with Gasteiger partial charge in [-0.05, 0) is 42.0 Å². The van der Waals surface area contributed by atoms with Gasteiger partial charge in [0.2, 0.25) is 6.79 Å². The van der Waals surface area contributed by atoms with Crippen LogP contribution in [0.3, 0.4) is 0 Å². The topological polar surface area (TPSA) is 92.3 Å². The molecule has 0 bridgehead atoms. The Hall–Kier alpha value is -3.73. The lowest BCUT2D eigenvalue weighted by Crippen LogP contribution is -2.21. The van der Waals surface area contributed by atoms with Gasteiger partial charge in [-0.1, -0.05) is 6.07 Å². The number of hydrogen-bond acceptors (Lipinski definition) is 7. The zero-order valence-electron chi connectivity index (χ0n) is 17.4. The number of ether oxygens (including phenoxy) is 5. The Morgan fingerprint density at radius 1 is 1.09 bits per heavy atom. The van der Waals surface area contributed by atoms with Crippen LogP contribution in [0.25, 0.3) is 6.08 Å². The number of fused-ring (bicyclic) bond motifs is 1. The molecule has 1 aliphatic rings. The van der Waals surface area contributed by atoms with Crippen LogP contribution in [0.15, 0.2) is 42.5 Å². The number of amides is 1. The molecule has 2 aromatic carbocycles. The lowest BCUT2D eigenvalue weighted by atomic mass is 10.1. The maximum Gasteiger partial charge on any atom is 0.416 e. The molecular weight excluding hydrogens is 447 g/mol. The van der Waals surface area contributed by atoms with E-state index in [1.54, 1.807) is 18.2 Å². The fourth-order valence-electron chi connectivity index (χ4n) is 2.72. The van der Waals surface area contributed by atoms with Crippen LogP contribution in [-0.4, -0.2) is 45.6 Å². The van der Waals surface area contributed by atoms with Crippen molar-refractivity contribution in [2.24, 2.45) is 0 Å². The first-order valence-corrected chi connectivity index (χ1v) is 9.63. The quantitative estimate of drug-likeness (QED) is 0.342. The Bertz CT molecular complexity index is 1040. The van der Waals surface area contributed by atoms with Crippen molar-refractivity contribution in [2.75, 3.05) is 39.0 Å². The number of benzene rings is 2. The Kier molecular flexibility index (Phi) is 7.78. The molecule has 0 saturated heterocycles. The molecule has 0 saturated carbocycles. The van der Waals surface area contributed by atoms with Crippen LogP contribution in [0.4, 0.5) is 18.9 Å². The van der Waals surface area contributed by atoms with Gasteiger partial charge in [0.05, 0.1) is 17.9 Å². The van der Waals surface area contributed by atoms with Gasteiger partial charge in [0.25, 0.3) is 5.91 Å². The second-order valence-corrected chi connectivity index (χ2v) is 6.65. The second-order valence-electron chi connectivity index (χ2n) is 6.65. The summed E-state index contributed by atoms with van der Waals surface area (Å²) < 4.78 is 64.6. The molecular formula is C22H20F3NO7. The molecule has 0 spiro atoms. The molecule has 0 aromatic heterocycles. The number of carbonyl (C=O) groups is 2. The maximum atomic E-state index is 13.0. The summed E-state index contributed by atoms with van der Waals surface area (Å²) in [6.07, 6.45) is -2.05. The zero-order valence-corrected chi connectivity index (χ0v) is 17.4. The molecule has 1 N–H and O–H groups in total. The molecule has 8 nitrogen and oxygen atoms in total. The molecule has 1 amide bonds. The summed E-state index contributed by atoms with van der Waals surface area (Å²) in [6.45, 7) is -0.338. The Labute approximate surface area is 186 Å².